The molecule has 1 aromatic heterocycles. The Balaban J connectivity index is 2.36. The van der Waals surface area contributed by atoms with Crippen LogP contribution in [0.4, 0.5) is 23.0 Å². The third-order valence-corrected chi connectivity index (χ3v) is 3.39. The molecule has 0 aliphatic rings. The van der Waals surface area contributed by atoms with E-state index in [1.165, 1.54) is 17.6 Å². The molecule has 21 heavy (non-hydrogen) atoms. The fourth-order valence-electron chi connectivity index (χ4n) is 2.28. The van der Waals surface area contributed by atoms with Gasteiger partial charge in [-0.05, 0) is 31.0 Å². The largest absolute Gasteiger partial charge is 0.377 e. The molecule has 0 saturated carbocycles. The number of anilines is 4. The van der Waals surface area contributed by atoms with E-state index in [1.54, 1.807) is 0 Å². The predicted molar refractivity (Wildman–Crippen MR) is 88.0 cm³/mol. The van der Waals surface area contributed by atoms with Crippen molar-refractivity contribution < 1.29 is 0 Å². The van der Waals surface area contributed by atoms with Gasteiger partial charge in [0.25, 0.3) is 0 Å². The van der Waals surface area contributed by atoms with Crippen molar-refractivity contribution in [1.29, 1.82) is 0 Å². The monoisotopic (exact) mass is 286 g/mol. The van der Waals surface area contributed by atoms with Crippen molar-refractivity contribution in [2.24, 2.45) is 5.84 Å². The highest BCUT2D eigenvalue weighted by Crippen LogP contribution is 2.27. The summed E-state index contributed by atoms with van der Waals surface area (Å²) >= 11 is 0. The minimum atomic E-state index is 0.648. The molecule has 0 amide bonds. The van der Waals surface area contributed by atoms with Gasteiger partial charge < -0.3 is 15.6 Å². The number of aryl methyl sites for hydroxylation is 1. The van der Waals surface area contributed by atoms with Crippen molar-refractivity contribution in [2.45, 2.75) is 20.3 Å². The van der Waals surface area contributed by atoms with Gasteiger partial charge in [0.1, 0.15) is 18.0 Å². The van der Waals surface area contributed by atoms with E-state index in [9.17, 15) is 0 Å². The first-order valence-corrected chi connectivity index (χ1v) is 6.92. The van der Waals surface area contributed by atoms with Gasteiger partial charge >= 0.3 is 0 Å². The number of nitrogens with two attached hydrogens (primary N) is 1. The van der Waals surface area contributed by atoms with Crippen molar-refractivity contribution in [2.75, 3.05) is 29.7 Å². The van der Waals surface area contributed by atoms with E-state index < -0.39 is 0 Å². The van der Waals surface area contributed by atoms with Gasteiger partial charge in [-0.15, -0.1) is 0 Å². The number of nitrogens with one attached hydrogen (secondary N) is 2. The molecule has 0 spiro atoms. The van der Waals surface area contributed by atoms with Gasteiger partial charge in [-0.1, -0.05) is 13.0 Å². The molecule has 0 aliphatic heterocycles. The van der Waals surface area contributed by atoms with Crippen molar-refractivity contribution in [3.8, 4) is 0 Å². The van der Waals surface area contributed by atoms with E-state index in [4.69, 9.17) is 5.84 Å². The van der Waals surface area contributed by atoms with Crippen molar-refractivity contribution in [1.82, 2.24) is 9.97 Å². The predicted octanol–water partition coefficient (Wildman–Crippen LogP) is 2.44. The summed E-state index contributed by atoms with van der Waals surface area (Å²) in [6.07, 6.45) is 2.28. The zero-order valence-corrected chi connectivity index (χ0v) is 12.9. The standard InChI is InChI=1S/C15H22N6/c1-5-12-14(17-9-18-15(12)20-16)19-11-7-6-10(2)13(8-11)21(3)4/h6-9H,5,16H2,1-4H3,(H2,17,18,19,20). The lowest BCUT2D eigenvalue weighted by Gasteiger charge is -2.18. The summed E-state index contributed by atoms with van der Waals surface area (Å²) in [7, 11) is 4.06. The van der Waals surface area contributed by atoms with Crippen molar-refractivity contribution in [3.05, 3.63) is 35.7 Å². The summed E-state index contributed by atoms with van der Waals surface area (Å²) in [4.78, 5) is 10.5. The maximum atomic E-state index is 5.50. The lowest BCUT2D eigenvalue weighted by Crippen LogP contribution is -2.13. The number of nitrogen functional groups attached to an aromatic ring is 1. The molecule has 2 rings (SSSR count). The fourth-order valence-corrected chi connectivity index (χ4v) is 2.28. The van der Waals surface area contributed by atoms with Crippen LogP contribution in [0.1, 0.15) is 18.1 Å². The molecule has 0 bridgehead atoms. The average Bonchev–Trinajstić information content (AvgIpc) is 2.48. The quantitative estimate of drug-likeness (QED) is 0.579. The van der Waals surface area contributed by atoms with E-state index in [0.717, 1.165) is 23.5 Å². The van der Waals surface area contributed by atoms with E-state index in [-0.39, 0.29) is 0 Å². The summed E-state index contributed by atoms with van der Waals surface area (Å²) in [5.41, 5.74) is 6.96. The van der Waals surface area contributed by atoms with Gasteiger partial charge in [0.2, 0.25) is 0 Å². The Morgan fingerprint density at radius 1 is 1.19 bits per heavy atom. The second-order valence-electron chi connectivity index (χ2n) is 5.07. The highest BCUT2D eigenvalue weighted by Gasteiger charge is 2.10. The van der Waals surface area contributed by atoms with Crippen LogP contribution in [0.15, 0.2) is 24.5 Å². The van der Waals surface area contributed by atoms with Gasteiger partial charge in [0.15, 0.2) is 0 Å². The number of benzene rings is 1. The minimum Gasteiger partial charge on any atom is -0.377 e. The second kappa shape index (κ2) is 6.41. The average molecular weight is 286 g/mol. The molecule has 0 aliphatic carbocycles. The zero-order chi connectivity index (χ0) is 15.4. The number of hydrogen-bond acceptors (Lipinski definition) is 6. The SMILES string of the molecule is CCc1c(NN)ncnc1Nc1ccc(C)c(N(C)C)c1. The molecule has 0 atom stereocenters. The molecule has 2 aromatic rings. The summed E-state index contributed by atoms with van der Waals surface area (Å²) in [5, 5.41) is 3.35. The first-order valence-electron chi connectivity index (χ1n) is 6.92. The van der Waals surface area contributed by atoms with E-state index in [2.05, 4.69) is 44.7 Å². The van der Waals surface area contributed by atoms with Crippen LogP contribution in [0, 0.1) is 6.92 Å². The molecule has 1 heterocycles. The number of hydrogen-bond donors (Lipinski definition) is 3. The van der Waals surface area contributed by atoms with Crippen LogP contribution >= 0.6 is 0 Å². The first-order chi connectivity index (χ1) is 10.1. The smallest absolute Gasteiger partial charge is 0.148 e. The Kier molecular flexibility index (Phi) is 4.59. The molecule has 4 N–H and O–H groups in total. The highest BCUT2D eigenvalue weighted by atomic mass is 15.3. The van der Waals surface area contributed by atoms with Gasteiger partial charge in [-0.3, -0.25) is 0 Å². The molecule has 0 saturated heterocycles. The van der Waals surface area contributed by atoms with Crippen LogP contribution in [-0.4, -0.2) is 24.1 Å². The Morgan fingerprint density at radius 3 is 2.52 bits per heavy atom. The Bertz CT molecular complexity index is 624. The Hall–Kier alpha value is -2.34. The summed E-state index contributed by atoms with van der Waals surface area (Å²) < 4.78 is 0. The third kappa shape index (κ3) is 3.22. The fraction of sp³-hybridized carbons (Fsp3) is 0.333. The van der Waals surface area contributed by atoms with Crippen LogP contribution in [0.25, 0.3) is 0 Å². The van der Waals surface area contributed by atoms with Crippen LogP contribution < -0.4 is 21.5 Å². The Morgan fingerprint density at radius 2 is 1.90 bits per heavy atom. The summed E-state index contributed by atoms with van der Waals surface area (Å²) in [6, 6.07) is 6.23. The van der Waals surface area contributed by atoms with Crippen LogP contribution in [0.5, 0.6) is 0 Å². The molecular formula is C15H22N6. The maximum Gasteiger partial charge on any atom is 0.148 e. The summed E-state index contributed by atoms with van der Waals surface area (Å²) in [6.45, 7) is 4.14. The van der Waals surface area contributed by atoms with Crippen molar-refractivity contribution in [3.63, 3.8) is 0 Å². The van der Waals surface area contributed by atoms with Crippen molar-refractivity contribution >= 4 is 23.0 Å². The number of aromatic nitrogens is 2. The number of hydrazine groups is 1. The molecule has 6 nitrogen and oxygen atoms in total. The highest BCUT2D eigenvalue weighted by molar-refractivity contribution is 5.69. The van der Waals surface area contributed by atoms with E-state index in [1.807, 2.05) is 27.1 Å². The van der Waals surface area contributed by atoms with E-state index in [0.29, 0.717) is 5.82 Å². The molecule has 1 aromatic carbocycles. The van der Waals surface area contributed by atoms with Gasteiger partial charge in [-0.2, -0.15) is 0 Å². The second-order valence-corrected chi connectivity index (χ2v) is 5.07. The summed E-state index contributed by atoms with van der Waals surface area (Å²) in [5.74, 6) is 6.92. The van der Waals surface area contributed by atoms with Gasteiger partial charge in [0, 0.05) is 31.0 Å². The van der Waals surface area contributed by atoms with Gasteiger partial charge in [0.05, 0.1) is 0 Å². The molecule has 112 valence electrons. The van der Waals surface area contributed by atoms with Gasteiger partial charge in [-0.25, -0.2) is 15.8 Å². The molecular weight excluding hydrogens is 264 g/mol. The maximum absolute atomic E-state index is 5.50. The number of rotatable bonds is 5. The zero-order valence-electron chi connectivity index (χ0n) is 12.9. The molecule has 6 heteroatoms. The lowest BCUT2D eigenvalue weighted by molar-refractivity contribution is 1.04. The number of nitrogens with zero attached hydrogens (tertiary/aromatic N) is 3. The molecule has 0 unspecified atom stereocenters. The Labute approximate surface area is 125 Å². The van der Waals surface area contributed by atoms with Crippen LogP contribution in [-0.2, 0) is 6.42 Å². The lowest BCUT2D eigenvalue weighted by atomic mass is 10.1. The first kappa shape index (κ1) is 15.1. The minimum absolute atomic E-state index is 0.648. The van der Waals surface area contributed by atoms with E-state index >= 15 is 0 Å². The molecule has 0 fully saturated rings. The normalized spacial score (nSPS) is 10.3. The topological polar surface area (TPSA) is 79.1 Å². The molecule has 0 radical (unpaired) electrons. The van der Waals surface area contributed by atoms with Crippen LogP contribution in [0.3, 0.4) is 0 Å². The third-order valence-electron chi connectivity index (χ3n) is 3.39. The van der Waals surface area contributed by atoms with Crippen LogP contribution in [0.2, 0.25) is 0 Å².